The van der Waals surface area contributed by atoms with Crippen molar-refractivity contribution in [2.45, 2.75) is 64.6 Å². The van der Waals surface area contributed by atoms with E-state index in [1.54, 1.807) is 4.90 Å². The van der Waals surface area contributed by atoms with Gasteiger partial charge < -0.3 is 14.5 Å². The van der Waals surface area contributed by atoms with E-state index in [1.807, 2.05) is 10.7 Å². The number of halogens is 1. The van der Waals surface area contributed by atoms with Crippen molar-refractivity contribution in [1.29, 1.82) is 0 Å². The third-order valence-corrected chi connectivity index (χ3v) is 6.76. The Morgan fingerprint density at radius 2 is 2.13 bits per heavy atom. The summed E-state index contributed by atoms with van der Waals surface area (Å²) >= 11 is 6.26. The van der Waals surface area contributed by atoms with Gasteiger partial charge in [-0.05, 0) is 54.3 Å². The van der Waals surface area contributed by atoms with E-state index >= 15 is 0 Å². The lowest BCUT2D eigenvalue weighted by molar-refractivity contribution is -0.933. The van der Waals surface area contributed by atoms with Crippen LogP contribution in [0.5, 0.6) is 0 Å². The lowest BCUT2D eigenvalue weighted by Crippen LogP contribution is -3.15. The summed E-state index contributed by atoms with van der Waals surface area (Å²) in [7, 11) is 0. The molecule has 0 radical (unpaired) electrons. The van der Waals surface area contributed by atoms with Crippen LogP contribution < -0.4 is 9.80 Å². The van der Waals surface area contributed by atoms with E-state index in [-0.39, 0.29) is 6.10 Å². The van der Waals surface area contributed by atoms with Crippen LogP contribution >= 0.6 is 11.6 Å². The van der Waals surface area contributed by atoms with Gasteiger partial charge in [-0.2, -0.15) is 0 Å². The summed E-state index contributed by atoms with van der Waals surface area (Å²) in [6, 6.07) is 6.51. The summed E-state index contributed by atoms with van der Waals surface area (Å²) in [5.74, 6) is 1.03. The first kappa shape index (κ1) is 21.5. The van der Waals surface area contributed by atoms with Crippen LogP contribution in [0.1, 0.15) is 56.5 Å². The molecule has 2 aromatic rings. The smallest absolute Gasteiger partial charge is 0.209 e. The van der Waals surface area contributed by atoms with Gasteiger partial charge in [-0.3, -0.25) is 0 Å². The molecule has 0 aliphatic carbocycles. The zero-order valence-electron chi connectivity index (χ0n) is 18.2. The number of nitrogens with one attached hydrogen (secondary N) is 1. The third kappa shape index (κ3) is 4.95. The minimum Gasteiger partial charge on any atom is -0.376 e. The Morgan fingerprint density at radius 1 is 1.30 bits per heavy atom. The Kier molecular flexibility index (Phi) is 7.23. The normalized spacial score (nSPS) is 21.3. The largest absolute Gasteiger partial charge is 0.376 e. The van der Waals surface area contributed by atoms with Crippen molar-refractivity contribution in [1.82, 2.24) is 20.2 Å². The van der Waals surface area contributed by atoms with Crippen LogP contribution in [-0.4, -0.2) is 59.1 Å². The minimum atomic E-state index is 0.247. The number of aromatic nitrogens is 4. The molecule has 1 N–H and O–H groups in total. The number of hydrogen-bond donors (Lipinski definition) is 1. The first-order chi connectivity index (χ1) is 14.7. The molecule has 0 unspecified atom stereocenters. The van der Waals surface area contributed by atoms with E-state index in [0.717, 1.165) is 69.4 Å². The number of nitrogens with zero attached hydrogens (tertiary/aromatic N) is 5. The van der Waals surface area contributed by atoms with Crippen molar-refractivity contribution in [2.24, 2.45) is 0 Å². The van der Waals surface area contributed by atoms with Crippen molar-refractivity contribution in [3.05, 3.63) is 34.6 Å². The molecule has 1 aromatic heterocycles. The highest BCUT2D eigenvalue weighted by Crippen LogP contribution is 2.25. The number of piperazine rings is 1. The fraction of sp³-hybridized carbons (Fsp3) is 0.682. The molecular formula is C22H34ClN6O+. The fourth-order valence-corrected chi connectivity index (χ4v) is 4.97. The number of rotatable bonds is 8. The van der Waals surface area contributed by atoms with Gasteiger partial charge in [-0.1, -0.05) is 31.0 Å². The highest BCUT2D eigenvalue weighted by Gasteiger charge is 2.33. The predicted molar refractivity (Wildman–Crippen MR) is 118 cm³/mol. The first-order valence-corrected chi connectivity index (χ1v) is 11.8. The SMILES string of the molecule is CCCC[C@H](c1nnnn1C[C@H]1CCCO1)[NH+]1CCN(c2cc(Cl)ccc2C)CC1. The molecule has 0 amide bonds. The predicted octanol–water partition coefficient (Wildman–Crippen LogP) is 2.45. The first-order valence-electron chi connectivity index (χ1n) is 11.4. The topological polar surface area (TPSA) is 60.5 Å². The standard InChI is InChI=1S/C22H33ClN6O/c1-3-4-7-20(22-24-25-26-29(22)16-19-6-5-14-30-19)27-10-12-28(13-11-27)21-15-18(23)9-8-17(21)2/h8-9,15,19-20H,3-7,10-14,16H2,1-2H3/p+1/t19-,20-/m1/s1. The van der Waals surface area contributed by atoms with Crippen molar-refractivity contribution in [3.63, 3.8) is 0 Å². The maximum Gasteiger partial charge on any atom is 0.209 e. The zero-order valence-corrected chi connectivity index (χ0v) is 18.9. The van der Waals surface area contributed by atoms with E-state index in [2.05, 4.69) is 46.4 Å². The van der Waals surface area contributed by atoms with Gasteiger partial charge in [0.1, 0.15) is 6.04 Å². The number of anilines is 1. The molecule has 3 heterocycles. The summed E-state index contributed by atoms with van der Waals surface area (Å²) in [5.41, 5.74) is 2.54. The van der Waals surface area contributed by atoms with Crippen LogP contribution in [0.2, 0.25) is 5.02 Å². The number of quaternary nitrogens is 1. The van der Waals surface area contributed by atoms with E-state index in [4.69, 9.17) is 16.3 Å². The molecule has 1 aromatic carbocycles. The van der Waals surface area contributed by atoms with Gasteiger partial charge in [0.25, 0.3) is 0 Å². The zero-order chi connectivity index (χ0) is 20.9. The monoisotopic (exact) mass is 433 g/mol. The molecule has 0 saturated carbocycles. The summed E-state index contributed by atoms with van der Waals surface area (Å²) in [6.07, 6.45) is 5.98. The Hall–Kier alpha value is -1.70. The minimum absolute atomic E-state index is 0.247. The maximum atomic E-state index is 6.26. The van der Waals surface area contributed by atoms with Gasteiger partial charge in [0.15, 0.2) is 0 Å². The van der Waals surface area contributed by atoms with Crippen molar-refractivity contribution < 1.29 is 9.64 Å². The van der Waals surface area contributed by atoms with Gasteiger partial charge in [0.2, 0.25) is 5.82 Å². The van der Waals surface area contributed by atoms with Crippen LogP contribution in [0.15, 0.2) is 18.2 Å². The second-order valence-electron chi connectivity index (χ2n) is 8.63. The van der Waals surface area contributed by atoms with Crippen molar-refractivity contribution in [3.8, 4) is 0 Å². The molecule has 2 aliphatic rings. The molecule has 30 heavy (non-hydrogen) atoms. The van der Waals surface area contributed by atoms with Crippen LogP contribution in [0.3, 0.4) is 0 Å². The number of hydrogen-bond acceptors (Lipinski definition) is 5. The molecule has 164 valence electrons. The van der Waals surface area contributed by atoms with Crippen LogP contribution in [0.25, 0.3) is 0 Å². The Balaban J connectivity index is 1.46. The van der Waals surface area contributed by atoms with E-state index in [0.29, 0.717) is 6.04 Å². The number of tetrazole rings is 1. The Morgan fingerprint density at radius 3 is 2.87 bits per heavy atom. The fourth-order valence-electron chi connectivity index (χ4n) is 4.80. The molecule has 2 aliphatic heterocycles. The lowest BCUT2D eigenvalue weighted by Gasteiger charge is -2.37. The van der Waals surface area contributed by atoms with E-state index in [1.165, 1.54) is 24.1 Å². The van der Waals surface area contributed by atoms with Gasteiger partial charge in [0.05, 0.1) is 38.8 Å². The average Bonchev–Trinajstić information content (AvgIpc) is 3.44. The average molecular weight is 434 g/mol. The molecular weight excluding hydrogens is 400 g/mol. The summed E-state index contributed by atoms with van der Waals surface area (Å²) in [4.78, 5) is 4.06. The second kappa shape index (κ2) is 10.1. The van der Waals surface area contributed by atoms with Crippen LogP contribution in [-0.2, 0) is 11.3 Å². The van der Waals surface area contributed by atoms with Gasteiger partial charge in [0, 0.05) is 23.7 Å². The molecule has 2 saturated heterocycles. The van der Waals surface area contributed by atoms with Gasteiger partial charge in [-0.25, -0.2) is 4.68 Å². The summed E-state index contributed by atoms with van der Waals surface area (Å²) in [6.45, 7) is 10.2. The van der Waals surface area contributed by atoms with Crippen molar-refractivity contribution >= 4 is 17.3 Å². The van der Waals surface area contributed by atoms with E-state index in [9.17, 15) is 0 Å². The summed E-state index contributed by atoms with van der Waals surface area (Å²) < 4.78 is 7.84. The quantitative estimate of drug-likeness (QED) is 0.692. The molecule has 4 rings (SSSR count). The van der Waals surface area contributed by atoms with Gasteiger partial charge >= 0.3 is 0 Å². The van der Waals surface area contributed by atoms with Crippen molar-refractivity contribution in [2.75, 3.05) is 37.7 Å². The van der Waals surface area contributed by atoms with E-state index < -0.39 is 0 Å². The number of unbranched alkanes of at least 4 members (excludes halogenated alkanes) is 1. The number of benzene rings is 1. The molecule has 0 bridgehead atoms. The number of aryl methyl sites for hydroxylation is 1. The molecule has 2 fully saturated rings. The molecule has 0 spiro atoms. The summed E-state index contributed by atoms with van der Waals surface area (Å²) in [5, 5.41) is 13.7. The maximum absolute atomic E-state index is 6.26. The number of ether oxygens (including phenoxy) is 1. The lowest BCUT2D eigenvalue weighted by atomic mass is 10.1. The Bertz CT molecular complexity index is 814. The highest BCUT2D eigenvalue weighted by molar-refractivity contribution is 6.30. The molecule has 8 heteroatoms. The molecule has 7 nitrogen and oxygen atoms in total. The van der Waals surface area contributed by atoms with Crippen LogP contribution in [0, 0.1) is 6.92 Å². The third-order valence-electron chi connectivity index (χ3n) is 6.53. The second-order valence-corrected chi connectivity index (χ2v) is 9.06. The van der Waals surface area contributed by atoms with Gasteiger partial charge in [-0.15, -0.1) is 5.10 Å². The molecule has 2 atom stereocenters. The highest BCUT2D eigenvalue weighted by atomic mass is 35.5. The Labute approximate surface area is 184 Å². The van der Waals surface area contributed by atoms with Crippen LogP contribution in [0.4, 0.5) is 5.69 Å².